The van der Waals surface area contributed by atoms with Crippen LogP contribution in [0.25, 0.3) is 0 Å². The quantitative estimate of drug-likeness (QED) is 0.464. The lowest BCUT2D eigenvalue weighted by molar-refractivity contribution is 0.0953. The van der Waals surface area contributed by atoms with Crippen LogP contribution in [0.2, 0.25) is 0 Å². The summed E-state index contributed by atoms with van der Waals surface area (Å²) in [5.41, 5.74) is 3.05. The van der Waals surface area contributed by atoms with Crippen molar-refractivity contribution in [2.75, 3.05) is 6.54 Å². The van der Waals surface area contributed by atoms with Gasteiger partial charge in [-0.15, -0.1) is 11.3 Å². The molecule has 0 aromatic carbocycles. The van der Waals surface area contributed by atoms with Gasteiger partial charge in [0.25, 0.3) is 5.91 Å². The van der Waals surface area contributed by atoms with E-state index in [1.54, 1.807) is 0 Å². The normalized spacial score (nSPS) is 21.2. The summed E-state index contributed by atoms with van der Waals surface area (Å²) in [7, 11) is 0. The smallest absolute Gasteiger partial charge is 0.294 e. The van der Waals surface area contributed by atoms with Crippen molar-refractivity contribution in [3.8, 4) is 0 Å². The number of carbonyl (C=O) groups excluding carboxylic acids is 1. The highest BCUT2D eigenvalue weighted by molar-refractivity contribution is 7.11. The molecule has 16 heavy (non-hydrogen) atoms. The second kappa shape index (κ2) is 4.90. The molecule has 3 N–H and O–H groups in total. The number of hydrogen-bond donors (Lipinski definition) is 2. The van der Waals surface area contributed by atoms with Crippen LogP contribution in [-0.4, -0.2) is 28.4 Å². The first-order valence-electron chi connectivity index (χ1n) is 5.40. The molecule has 1 fully saturated rings. The Morgan fingerprint density at radius 3 is 3.25 bits per heavy atom. The zero-order valence-corrected chi connectivity index (χ0v) is 10.1. The Balaban J connectivity index is 1.99. The lowest BCUT2D eigenvalue weighted by atomic mass is 10.2. The highest BCUT2D eigenvalue weighted by Gasteiger charge is 2.21. The molecule has 1 aliphatic heterocycles. The summed E-state index contributed by atoms with van der Waals surface area (Å²) in [5, 5.41) is 2.36. The fourth-order valence-electron chi connectivity index (χ4n) is 1.98. The number of hydrogen-bond acceptors (Lipinski definition) is 5. The van der Waals surface area contributed by atoms with Gasteiger partial charge in [0.2, 0.25) is 0 Å². The number of likely N-dealkylation sites (tertiary alicyclic amines) is 1. The van der Waals surface area contributed by atoms with E-state index in [2.05, 4.69) is 22.2 Å². The van der Waals surface area contributed by atoms with Gasteiger partial charge in [-0.05, 0) is 26.3 Å². The third kappa shape index (κ3) is 2.40. The standard InChI is InChI=1S/C10H16N4OS/c1-7-3-2-4-14(7)5-8-6-16-10(12-8)9(15)13-11/h6-7H,2-5,11H2,1H3,(H,13,15). The van der Waals surface area contributed by atoms with E-state index in [9.17, 15) is 4.79 Å². The number of hydrazine groups is 1. The number of thiazole rings is 1. The maximum absolute atomic E-state index is 11.2. The fourth-order valence-corrected chi connectivity index (χ4v) is 2.69. The van der Waals surface area contributed by atoms with Crippen LogP contribution in [0.3, 0.4) is 0 Å². The number of nitrogen functional groups attached to an aromatic ring is 1. The molecule has 2 heterocycles. The van der Waals surface area contributed by atoms with Crippen LogP contribution < -0.4 is 11.3 Å². The minimum absolute atomic E-state index is 0.314. The minimum Gasteiger partial charge on any atom is -0.295 e. The topological polar surface area (TPSA) is 71.2 Å². The Bertz CT molecular complexity index is 379. The first-order chi connectivity index (χ1) is 7.70. The van der Waals surface area contributed by atoms with Gasteiger partial charge in [-0.3, -0.25) is 15.1 Å². The van der Waals surface area contributed by atoms with Crippen LogP contribution >= 0.6 is 11.3 Å². The number of rotatable bonds is 3. The highest BCUT2D eigenvalue weighted by atomic mass is 32.1. The first kappa shape index (κ1) is 11.5. The molecule has 1 amide bonds. The maximum atomic E-state index is 11.2. The third-order valence-corrected chi connectivity index (χ3v) is 3.82. The summed E-state index contributed by atoms with van der Waals surface area (Å²) < 4.78 is 0. The zero-order valence-electron chi connectivity index (χ0n) is 9.27. The van der Waals surface area contributed by atoms with E-state index in [-0.39, 0.29) is 5.91 Å². The summed E-state index contributed by atoms with van der Waals surface area (Å²) in [6, 6.07) is 0.619. The van der Waals surface area contributed by atoms with E-state index in [1.807, 2.05) is 5.38 Å². The molecule has 0 saturated carbocycles. The van der Waals surface area contributed by atoms with Crippen molar-refractivity contribution < 1.29 is 4.79 Å². The summed E-state index contributed by atoms with van der Waals surface area (Å²) in [5.74, 6) is 4.74. The van der Waals surface area contributed by atoms with Gasteiger partial charge < -0.3 is 0 Å². The van der Waals surface area contributed by atoms with Crippen molar-refractivity contribution in [1.29, 1.82) is 0 Å². The van der Waals surface area contributed by atoms with Crippen molar-refractivity contribution in [2.45, 2.75) is 32.4 Å². The molecule has 0 aliphatic carbocycles. The van der Waals surface area contributed by atoms with Gasteiger partial charge in [0, 0.05) is 18.0 Å². The number of nitrogens with two attached hydrogens (primary N) is 1. The summed E-state index contributed by atoms with van der Waals surface area (Å²) in [6.07, 6.45) is 2.50. The molecule has 1 aromatic heterocycles. The molecule has 5 nitrogen and oxygen atoms in total. The van der Waals surface area contributed by atoms with Gasteiger partial charge in [-0.25, -0.2) is 10.8 Å². The van der Waals surface area contributed by atoms with Crippen molar-refractivity contribution in [3.63, 3.8) is 0 Å². The highest BCUT2D eigenvalue weighted by Crippen LogP contribution is 2.20. The molecule has 1 aromatic rings. The Morgan fingerprint density at radius 1 is 1.81 bits per heavy atom. The second-order valence-electron chi connectivity index (χ2n) is 4.08. The van der Waals surface area contributed by atoms with Gasteiger partial charge in [0.15, 0.2) is 5.01 Å². The molecule has 1 unspecified atom stereocenters. The molecule has 6 heteroatoms. The van der Waals surface area contributed by atoms with Gasteiger partial charge in [0.05, 0.1) is 5.69 Å². The van der Waals surface area contributed by atoms with Crippen LogP contribution in [0.4, 0.5) is 0 Å². The number of nitrogens with one attached hydrogen (secondary N) is 1. The zero-order chi connectivity index (χ0) is 11.5. The van der Waals surface area contributed by atoms with Gasteiger partial charge in [-0.1, -0.05) is 0 Å². The molecule has 2 rings (SSSR count). The SMILES string of the molecule is CC1CCCN1Cc1csc(C(=O)NN)n1. The minimum atomic E-state index is -0.314. The Kier molecular flexibility index (Phi) is 3.52. The molecule has 1 saturated heterocycles. The summed E-state index contributed by atoms with van der Waals surface area (Å²) in [6.45, 7) is 4.18. The second-order valence-corrected chi connectivity index (χ2v) is 4.94. The molecule has 1 atom stereocenters. The lowest BCUT2D eigenvalue weighted by Crippen LogP contribution is -2.30. The molecular weight excluding hydrogens is 224 g/mol. The molecule has 0 radical (unpaired) electrons. The Hall–Kier alpha value is -0.980. The van der Waals surface area contributed by atoms with Crippen molar-refractivity contribution in [3.05, 3.63) is 16.1 Å². The van der Waals surface area contributed by atoms with Crippen LogP contribution in [0, 0.1) is 0 Å². The van der Waals surface area contributed by atoms with E-state index in [4.69, 9.17) is 5.84 Å². The molecular formula is C10H16N4OS. The first-order valence-corrected chi connectivity index (χ1v) is 6.28. The number of aromatic nitrogens is 1. The predicted molar refractivity (Wildman–Crippen MR) is 62.9 cm³/mol. The third-order valence-electron chi connectivity index (χ3n) is 2.93. The van der Waals surface area contributed by atoms with Crippen molar-refractivity contribution in [1.82, 2.24) is 15.3 Å². The lowest BCUT2D eigenvalue weighted by Gasteiger charge is -2.19. The molecule has 1 aliphatic rings. The Labute approximate surface area is 98.6 Å². The fraction of sp³-hybridized carbons (Fsp3) is 0.600. The van der Waals surface area contributed by atoms with Crippen molar-refractivity contribution >= 4 is 17.2 Å². The molecule has 0 bridgehead atoms. The van der Waals surface area contributed by atoms with Crippen LogP contribution in [0.1, 0.15) is 35.3 Å². The van der Waals surface area contributed by atoms with Gasteiger partial charge >= 0.3 is 0 Å². The van der Waals surface area contributed by atoms with Crippen LogP contribution in [-0.2, 0) is 6.54 Å². The molecule has 88 valence electrons. The van der Waals surface area contributed by atoms with E-state index in [0.29, 0.717) is 11.0 Å². The van der Waals surface area contributed by atoms with Gasteiger partial charge in [0.1, 0.15) is 0 Å². The van der Waals surface area contributed by atoms with E-state index in [1.165, 1.54) is 24.2 Å². The number of nitrogens with zero attached hydrogens (tertiary/aromatic N) is 2. The predicted octanol–water partition coefficient (Wildman–Crippen LogP) is 0.731. The van der Waals surface area contributed by atoms with Crippen LogP contribution in [0.5, 0.6) is 0 Å². The van der Waals surface area contributed by atoms with Crippen LogP contribution in [0.15, 0.2) is 5.38 Å². The number of carbonyl (C=O) groups is 1. The Morgan fingerprint density at radius 2 is 2.62 bits per heavy atom. The van der Waals surface area contributed by atoms with E-state index >= 15 is 0 Å². The monoisotopic (exact) mass is 240 g/mol. The van der Waals surface area contributed by atoms with Gasteiger partial charge in [-0.2, -0.15) is 0 Å². The van der Waals surface area contributed by atoms with E-state index < -0.39 is 0 Å². The summed E-state index contributed by atoms with van der Waals surface area (Å²) >= 11 is 1.34. The number of amides is 1. The van der Waals surface area contributed by atoms with E-state index in [0.717, 1.165) is 18.8 Å². The molecule has 0 spiro atoms. The largest absolute Gasteiger partial charge is 0.295 e. The summed E-state index contributed by atoms with van der Waals surface area (Å²) in [4.78, 5) is 17.9. The average Bonchev–Trinajstić information content (AvgIpc) is 2.89. The average molecular weight is 240 g/mol. The maximum Gasteiger partial charge on any atom is 0.294 e. The van der Waals surface area contributed by atoms with Crippen molar-refractivity contribution in [2.24, 2.45) is 5.84 Å².